The first-order valence-corrected chi connectivity index (χ1v) is 8.29. The van der Waals surface area contributed by atoms with Crippen LogP contribution in [0.4, 0.5) is 0 Å². The zero-order valence-electron chi connectivity index (χ0n) is 12.5. The number of piperidine rings is 1. The molecule has 0 aliphatic carbocycles. The minimum Gasteiger partial charge on any atom is -0.483 e. The molecule has 0 radical (unpaired) electrons. The molecule has 3 rings (SSSR count). The van der Waals surface area contributed by atoms with Crippen LogP contribution in [0, 0.1) is 0 Å². The molecule has 1 fully saturated rings. The number of halogens is 1. The number of hydrogen-bond donors (Lipinski definition) is 2. The first-order chi connectivity index (χ1) is 11.1. The van der Waals surface area contributed by atoms with E-state index in [9.17, 15) is 9.59 Å². The molecule has 0 aromatic heterocycles. The quantitative estimate of drug-likeness (QED) is 0.860. The average molecular weight is 377 g/mol. The predicted octanol–water partition coefficient (Wildman–Crippen LogP) is 2.38. The molecule has 1 aliphatic heterocycles. The van der Waals surface area contributed by atoms with E-state index in [-0.39, 0.29) is 24.5 Å². The van der Waals surface area contributed by atoms with Gasteiger partial charge in [-0.05, 0) is 39.2 Å². The van der Waals surface area contributed by atoms with Gasteiger partial charge < -0.3 is 15.4 Å². The second-order valence-corrected chi connectivity index (χ2v) is 6.29. The van der Waals surface area contributed by atoms with E-state index in [1.165, 1.54) is 0 Å². The van der Waals surface area contributed by atoms with Crippen molar-refractivity contribution in [2.45, 2.75) is 18.9 Å². The van der Waals surface area contributed by atoms with Gasteiger partial charge in [-0.2, -0.15) is 0 Å². The molecule has 5 nitrogen and oxygen atoms in total. The zero-order valence-corrected chi connectivity index (χ0v) is 14.1. The summed E-state index contributed by atoms with van der Waals surface area (Å²) < 4.78 is 6.46. The van der Waals surface area contributed by atoms with E-state index in [0.717, 1.165) is 15.2 Å². The van der Waals surface area contributed by atoms with Crippen molar-refractivity contribution >= 4 is 38.5 Å². The molecular weight excluding hydrogens is 360 g/mol. The number of ether oxygens (including phenoxy) is 1. The molecule has 1 saturated heterocycles. The van der Waals surface area contributed by atoms with Crippen molar-refractivity contribution in [2.24, 2.45) is 0 Å². The lowest BCUT2D eigenvalue weighted by Crippen LogP contribution is -2.48. The molecular formula is C17H17BrN2O3. The monoisotopic (exact) mass is 376 g/mol. The average Bonchev–Trinajstić information content (AvgIpc) is 2.57. The number of benzene rings is 2. The molecule has 2 N–H and O–H groups in total. The van der Waals surface area contributed by atoms with Crippen LogP contribution in [0.2, 0.25) is 0 Å². The standard InChI is InChI=1S/C17H17BrN2O3/c18-17-13-4-2-1-3-11(13)5-7-14(17)23-10-16(22)20-12-6-8-15(21)19-9-12/h1-5,7,12H,6,8-10H2,(H,19,21)(H,20,22). The van der Waals surface area contributed by atoms with Gasteiger partial charge in [0.2, 0.25) is 5.91 Å². The van der Waals surface area contributed by atoms with Crippen LogP contribution in [-0.4, -0.2) is 31.0 Å². The highest BCUT2D eigenvalue weighted by atomic mass is 79.9. The third kappa shape index (κ3) is 3.82. The Labute approximate surface area is 142 Å². The molecule has 1 heterocycles. The van der Waals surface area contributed by atoms with Crippen LogP contribution in [0.25, 0.3) is 10.8 Å². The molecule has 2 aromatic carbocycles. The Balaban J connectivity index is 1.58. The fourth-order valence-electron chi connectivity index (χ4n) is 2.59. The summed E-state index contributed by atoms with van der Waals surface area (Å²) >= 11 is 3.53. The summed E-state index contributed by atoms with van der Waals surface area (Å²) in [5.41, 5.74) is 0. The Morgan fingerprint density at radius 1 is 1.30 bits per heavy atom. The smallest absolute Gasteiger partial charge is 0.258 e. The Kier molecular flexibility index (Phi) is 4.81. The summed E-state index contributed by atoms with van der Waals surface area (Å²) in [4.78, 5) is 23.1. The second kappa shape index (κ2) is 7.00. The van der Waals surface area contributed by atoms with E-state index in [4.69, 9.17) is 4.74 Å². The Bertz CT molecular complexity index is 738. The van der Waals surface area contributed by atoms with Crippen LogP contribution in [0.15, 0.2) is 40.9 Å². The van der Waals surface area contributed by atoms with Crippen molar-refractivity contribution in [2.75, 3.05) is 13.2 Å². The number of rotatable bonds is 4. The van der Waals surface area contributed by atoms with Gasteiger partial charge in [-0.15, -0.1) is 0 Å². The van der Waals surface area contributed by atoms with E-state index in [2.05, 4.69) is 26.6 Å². The Morgan fingerprint density at radius 2 is 2.13 bits per heavy atom. The molecule has 2 aromatic rings. The lowest BCUT2D eigenvalue weighted by molar-refractivity contribution is -0.126. The Morgan fingerprint density at radius 3 is 2.91 bits per heavy atom. The largest absolute Gasteiger partial charge is 0.483 e. The lowest BCUT2D eigenvalue weighted by atomic mass is 10.1. The van der Waals surface area contributed by atoms with Gasteiger partial charge in [0.05, 0.1) is 4.47 Å². The van der Waals surface area contributed by atoms with Crippen molar-refractivity contribution in [3.63, 3.8) is 0 Å². The van der Waals surface area contributed by atoms with Crippen LogP contribution in [0.5, 0.6) is 5.75 Å². The van der Waals surface area contributed by atoms with E-state index in [1.807, 2.05) is 36.4 Å². The SMILES string of the molecule is O=C1CCC(NC(=O)COc2ccc3ccccc3c2Br)CN1. The van der Waals surface area contributed by atoms with Crippen LogP contribution in [-0.2, 0) is 9.59 Å². The molecule has 0 saturated carbocycles. The number of fused-ring (bicyclic) bond motifs is 1. The maximum absolute atomic E-state index is 12.0. The Hall–Kier alpha value is -2.08. The third-order valence-electron chi connectivity index (χ3n) is 3.82. The molecule has 1 unspecified atom stereocenters. The zero-order chi connectivity index (χ0) is 16.2. The number of carbonyl (C=O) groups excluding carboxylic acids is 2. The first kappa shape index (κ1) is 15.8. The van der Waals surface area contributed by atoms with Gasteiger partial charge in [-0.3, -0.25) is 9.59 Å². The highest BCUT2D eigenvalue weighted by Crippen LogP contribution is 2.32. The topological polar surface area (TPSA) is 67.4 Å². The highest BCUT2D eigenvalue weighted by Gasteiger charge is 2.19. The van der Waals surface area contributed by atoms with Gasteiger partial charge in [0.25, 0.3) is 5.91 Å². The van der Waals surface area contributed by atoms with Crippen LogP contribution in [0.1, 0.15) is 12.8 Å². The molecule has 23 heavy (non-hydrogen) atoms. The van der Waals surface area contributed by atoms with E-state index in [0.29, 0.717) is 25.1 Å². The minimum atomic E-state index is -0.189. The van der Waals surface area contributed by atoms with Crippen molar-refractivity contribution in [1.29, 1.82) is 0 Å². The predicted molar refractivity (Wildman–Crippen MR) is 91.3 cm³/mol. The van der Waals surface area contributed by atoms with Gasteiger partial charge >= 0.3 is 0 Å². The molecule has 0 bridgehead atoms. The van der Waals surface area contributed by atoms with Crippen molar-refractivity contribution in [3.8, 4) is 5.75 Å². The molecule has 1 atom stereocenters. The van der Waals surface area contributed by atoms with Gasteiger partial charge in [0.15, 0.2) is 6.61 Å². The maximum atomic E-state index is 12.0. The van der Waals surface area contributed by atoms with E-state index in [1.54, 1.807) is 0 Å². The number of carbonyl (C=O) groups is 2. The van der Waals surface area contributed by atoms with E-state index < -0.39 is 0 Å². The summed E-state index contributed by atoms with van der Waals surface area (Å²) in [5.74, 6) is 0.480. The summed E-state index contributed by atoms with van der Waals surface area (Å²) in [6.07, 6.45) is 1.11. The third-order valence-corrected chi connectivity index (χ3v) is 4.64. The fraction of sp³-hybridized carbons (Fsp3) is 0.294. The summed E-state index contributed by atoms with van der Waals surface area (Å²) in [6.45, 7) is 0.422. The molecule has 6 heteroatoms. The molecule has 0 spiro atoms. The summed E-state index contributed by atoms with van der Waals surface area (Å²) in [6, 6.07) is 11.7. The van der Waals surface area contributed by atoms with Gasteiger partial charge in [-0.25, -0.2) is 0 Å². The molecule has 1 aliphatic rings. The van der Waals surface area contributed by atoms with Crippen LogP contribution < -0.4 is 15.4 Å². The van der Waals surface area contributed by atoms with Gasteiger partial charge in [0.1, 0.15) is 5.75 Å². The van der Waals surface area contributed by atoms with E-state index >= 15 is 0 Å². The molecule has 2 amide bonds. The van der Waals surface area contributed by atoms with Crippen molar-refractivity contribution in [3.05, 3.63) is 40.9 Å². The number of amides is 2. The van der Waals surface area contributed by atoms with Crippen molar-refractivity contribution in [1.82, 2.24) is 10.6 Å². The van der Waals surface area contributed by atoms with Gasteiger partial charge in [-0.1, -0.05) is 30.3 Å². The lowest BCUT2D eigenvalue weighted by Gasteiger charge is -2.23. The normalized spacial score (nSPS) is 17.6. The minimum absolute atomic E-state index is 0.0242. The first-order valence-electron chi connectivity index (χ1n) is 7.49. The van der Waals surface area contributed by atoms with Crippen LogP contribution >= 0.6 is 15.9 Å². The highest BCUT2D eigenvalue weighted by molar-refractivity contribution is 9.10. The number of hydrogen-bond acceptors (Lipinski definition) is 3. The maximum Gasteiger partial charge on any atom is 0.258 e. The molecule has 120 valence electrons. The van der Waals surface area contributed by atoms with Crippen molar-refractivity contribution < 1.29 is 14.3 Å². The van der Waals surface area contributed by atoms with Crippen LogP contribution in [0.3, 0.4) is 0 Å². The second-order valence-electron chi connectivity index (χ2n) is 5.49. The fourth-order valence-corrected chi connectivity index (χ4v) is 3.20. The van der Waals surface area contributed by atoms with Gasteiger partial charge in [0, 0.05) is 19.0 Å². The summed E-state index contributed by atoms with van der Waals surface area (Å²) in [5, 5.41) is 7.76. The number of nitrogens with one attached hydrogen (secondary N) is 2. The summed E-state index contributed by atoms with van der Waals surface area (Å²) in [7, 11) is 0.